The van der Waals surface area contributed by atoms with Crippen molar-refractivity contribution in [1.82, 2.24) is 9.71 Å². The van der Waals surface area contributed by atoms with Gasteiger partial charge in [-0.2, -0.15) is 0 Å². The molecule has 0 bridgehead atoms. The second kappa shape index (κ2) is 5.47. The number of nitrogens with one attached hydrogen (secondary N) is 1. The van der Waals surface area contributed by atoms with Crippen molar-refractivity contribution in [3.63, 3.8) is 0 Å². The number of nitrogens with zero attached hydrogens (tertiary/aromatic N) is 1. The molecular weight excluding hydrogens is 288 g/mol. The van der Waals surface area contributed by atoms with Crippen LogP contribution in [-0.4, -0.2) is 24.5 Å². The van der Waals surface area contributed by atoms with Crippen molar-refractivity contribution in [1.29, 1.82) is 0 Å². The smallest absolute Gasteiger partial charge is 0.335 e. The van der Waals surface area contributed by atoms with Crippen LogP contribution in [0.25, 0.3) is 0 Å². The van der Waals surface area contributed by atoms with Crippen LogP contribution in [0.1, 0.15) is 16.1 Å². The first-order valence-electron chi connectivity index (χ1n) is 5.20. The minimum absolute atomic E-state index is 0.0542. The van der Waals surface area contributed by atoms with Gasteiger partial charge in [0.2, 0.25) is 10.0 Å². The van der Waals surface area contributed by atoms with Gasteiger partial charge in [-0.15, -0.1) is 11.3 Å². The minimum atomic E-state index is -3.57. The van der Waals surface area contributed by atoms with Crippen LogP contribution < -0.4 is 4.72 Å². The average Bonchev–Trinajstić information content (AvgIpc) is 2.91. The first-order valence-corrected chi connectivity index (χ1v) is 7.57. The maximum Gasteiger partial charge on any atom is 0.335 e. The Morgan fingerprint density at radius 3 is 2.84 bits per heavy atom. The Labute approximate surface area is 113 Å². The van der Waals surface area contributed by atoms with Gasteiger partial charge in [-0.1, -0.05) is 6.07 Å². The molecule has 0 aromatic carbocycles. The van der Waals surface area contributed by atoms with Gasteiger partial charge in [0.05, 0.1) is 17.8 Å². The summed E-state index contributed by atoms with van der Waals surface area (Å²) in [5.41, 5.74) is 0.417. The molecular formula is C11H10N2O4S2. The van der Waals surface area contributed by atoms with Crippen LogP contribution in [0.4, 0.5) is 0 Å². The zero-order valence-corrected chi connectivity index (χ0v) is 11.2. The maximum atomic E-state index is 11.8. The summed E-state index contributed by atoms with van der Waals surface area (Å²) in [5.74, 6) is -1.08. The normalized spacial score (nSPS) is 11.4. The summed E-state index contributed by atoms with van der Waals surface area (Å²) in [6, 6.07) is 5.81. The Kier molecular flexibility index (Phi) is 3.93. The number of rotatable bonds is 5. The molecule has 2 aromatic heterocycles. The Bertz CT molecular complexity index is 680. The minimum Gasteiger partial charge on any atom is -0.478 e. The van der Waals surface area contributed by atoms with E-state index in [4.69, 9.17) is 5.11 Å². The standard InChI is InChI=1S/C11H10N2O4S2/c14-11(15)8-3-4-12-9(6-8)7-13-19(16,17)10-2-1-5-18-10/h1-6,13H,7H2,(H,14,15). The lowest BCUT2D eigenvalue weighted by atomic mass is 10.2. The molecule has 0 atom stereocenters. The van der Waals surface area contributed by atoms with Crippen molar-refractivity contribution in [2.24, 2.45) is 0 Å². The quantitative estimate of drug-likeness (QED) is 0.867. The zero-order valence-electron chi connectivity index (χ0n) is 9.61. The van der Waals surface area contributed by atoms with Crippen LogP contribution in [-0.2, 0) is 16.6 Å². The van der Waals surface area contributed by atoms with E-state index in [2.05, 4.69) is 9.71 Å². The van der Waals surface area contributed by atoms with E-state index in [-0.39, 0.29) is 16.3 Å². The number of carboxylic acid groups (broad SMARTS) is 1. The van der Waals surface area contributed by atoms with Crippen molar-refractivity contribution < 1.29 is 18.3 Å². The predicted molar refractivity (Wildman–Crippen MR) is 69.5 cm³/mol. The van der Waals surface area contributed by atoms with E-state index in [9.17, 15) is 13.2 Å². The summed E-state index contributed by atoms with van der Waals surface area (Å²) in [4.78, 5) is 14.7. The molecule has 0 saturated carbocycles. The fourth-order valence-electron chi connectivity index (χ4n) is 1.36. The van der Waals surface area contributed by atoms with Gasteiger partial charge >= 0.3 is 5.97 Å². The van der Waals surface area contributed by atoms with E-state index < -0.39 is 16.0 Å². The molecule has 0 fully saturated rings. The van der Waals surface area contributed by atoms with Crippen LogP contribution in [0.15, 0.2) is 40.1 Å². The number of thiophene rings is 1. The van der Waals surface area contributed by atoms with E-state index in [0.29, 0.717) is 5.69 Å². The summed E-state index contributed by atoms with van der Waals surface area (Å²) < 4.78 is 26.3. The fourth-order valence-corrected chi connectivity index (χ4v) is 3.40. The summed E-state index contributed by atoms with van der Waals surface area (Å²) in [7, 11) is -3.57. The van der Waals surface area contributed by atoms with E-state index in [1.165, 1.54) is 24.4 Å². The largest absolute Gasteiger partial charge is 0.478 e. The van der Waals surface area contributed by atoms with Crippen LogP contribution in [0.3, 0.4) is 0 Å². The molecule has 2 heterocycles. The number of aromatic carboxylic acids is 1. The lowest BCUT2D eigenvalue weighted by Crippen LogP contribution is -2.23. The molecule has 2 N–H and O–H groups in total. The molecule has 100 valence electrons. The number of pyridine rings is 1. The average molecular weight is 298 g/mol. The van der Waals surface area contributed by atoms with Gasteiger partial charge in [0.15, 0.2) is 0 Å². The molecule has 19 heavy (non-hydrogen) atoms. The van der Waals surface area contributed by atoms with Crippen LogP contribution in [0.2, 0.25) is 0 Å². The molecule has 0 radical (unpaired) electrons. The van der Waals surface area contributed by atoms with Crippen molar-refractivity contribution in [2.45, 2.75) is 10.8 Å². The molecule has 2 aromatic rings. The van der Waals surface area contributed by atoms with Gasteiger partial charge in [0, 0.05) is 6.20 Å². The van der Waals surface area contributed by atoms with Crippen molar-refractivity contribution in [3.8, 4) is 0 Å². The van der Waals surface area contributed by atoms with Crippen LogP contribution in [0.5, 0.6) is 0 Å². The van der Waals surface area contributed by atoms with Crippen molar-refractivity contribution in [2.75, 3.05) is 0 Å². The second-order valence-electron chi connectivity index (χ2n) is 3.60. The number of carbonyl (C=O) groups is 1. The molecule has 0 aliphatic rings. The molecule has 0 amide bonds. The molecule has 0 saturated heterocycles. The van der Waals surface area contributed by atoms with E-state index in [0.717, 1.165) is 11.3 Å². The number of hydrogen-bond donors (Lipinski definition) is 2. The third-order valence-corrected chi connectivity index (χ3v) is 5.07. The predicted octanol–water partition coefficient (Wildman–Crippen LogP) is 1.32. The van der Waals surface area contributed by atoms with Crippen LogP contribution in [0, 0.1) is 0 Å². The summed E-state index contributed by atoms with van der Waals surface area (Å²) in [6.45, 7) is -0.0542. The third kappa shape index (κ3) is 3.37. The van der Waals surface area contributed by atoms with Gasteiger partial charge in [-0.25, -0.2) is 17.9 Å². The Morgan fingerprint density at radius 2 is 2.21 bits per heavy atom. The lowest BCUT2D eigenvalue weighted by molar-refractivity contribution is 0.0696. The molecule has 8 heteroatoms. The summed E-state index contributed by atoms with van der Waals surface area (Å²) in [5, 5.41) is 10.5. The first kappa shape index (κ1) is 13.7. The topological polar surface area (TPSA) is 96.4 Å². The molecule has 6 nitrogen and oxygen atoms in total. The number of aromatic nitrogens is 1. The first-order chi connectivity index (χ1) is 8.99. The Balaban J connectivity index is 2.11. The molecule has 0 unspecified atom stereocenters. The van der Waals surface area contributed by atoms with E-state index in [1.54, 1.807) is 11.4 Å². The lowest BCUT2D eigenvalue weighted by Gasteiger charge is -2.04. The van der Waals surface area contributed by atoms with Gasteiger partial charge in [-0.05, 0) is 23.6 Å². The Hall–Kier alpha value is -1.77. The Morgan fingerprint density at radius 1 is 1.42 bits per heavy atom. The second-order valence-corrected chi connectivity index (χ2v) is 6.54. The van der Waals surface area contributed by atoms with Crippen LogP contribution >= 0.6 is 11.3 Å². The third-order valence-electron chi connectivity index (χ3n) is 2.27. The SMILES string of the molecule is O=C(O)c1ccnc(CNS(=O)(=O)c2cccs2)c1. The van der Waals surface area contributed by atoms with Gasteiger partial charge < -0.3 is 5.11 Å². The highest BCUT2D eigenvalue weighted by Crippen LogP contribution is 2.15. The molecule has 0 aliphatic heterocycles. The summed E-state index contributed by atoms with van der Waals surface area (Å²) >= 11 is 1.11. The highest BCUT2D eigenvalue weighted by atomic mass is 32.2. The molecule has 0 aliphatic carbocycles. The number of carboxylic acids is 1. The highest BCUT2D eigenvalue weighted by Gasteiger charge is 2.15. The van der Waals surface area contributed by atoms with Crippen molar-refractivity contribution >= 4 is 27.3 Å². The van der Waals surface area contributed by atoms with Gasteiger partial charge in [-0.3, -0.25) is 4.98 Å². The van der Waals surface area contributed by atoms with Gasteiger partial charge in [0.1, 0.15) is 4.21 Å². The molecule has 0 spiro atoms. The monoisotopic (exact) mass is 298 g/mol. The summed E-state index contributed by atoms with van der Waals surface area (Å²) in [6.07, 6.45) is 1.33. The maximum absolute atomic E-state index is 11.8. The number of sulfonamides is 1. The molecule has 2 rings (SSSR count). The highest BCUT2D eigenvalue weighted by molar-refractivity contribution is 7.91. The van der Waals surface area contributed by atoms with Gasteiger partial charge in [0.25, 0.3) is 0 Å². The van der Waals surface area contributed by atoms with E-state index in [1.807, 2.05) is 0 Å². The van der Waals surface area contributed by atoms with E-state index >= 15 is 0 Å². The fraction of sp³-hybridized carbons (Fsp3) is 0.0909. The number of hydrogen-bond acceptors (Lipinski definition) is 5. The van der Waals surface area contributed by atoms with Crippen molar-refractivity contribution in [3.05, 3.63) is 47.1 Å². The zero-order chi connectivity index (χ0) is 13.9.